The molecular weight excluding hydrogens is 273 g/mol. The second-order valence-corrected chi connectivity index (χ2v) is 4.04. The first-order valence-corrected chi connectivity index (χ1v) is 5.56. The average molecular weight is 282 g/mol. The third-order valence-electron chi connectivity index (χ3n) is 2.46. The molecule has 0 aliphatic rings. The van der Waals surface area contributed by atoms with E-state index in [0.717, 1.165) is 12.1 Å². The zero-order valence-corrected chi connectivity index (χ0v) is 10.4. The fourth-order valence-corrected chi connectivity index (χ4v) is 1.58. The molecule has 2 aromatic rings. The maximum absolute atomic E-state index is 12.9. The summed E-state index contributed by atoms with van der Waals surface area (Å²) in [5, 5.41) is 12.3. The van der Waals surface area contributed by atoms with Crippen LogP contribution >= 0.6 is 0 Å². The summed E-state index contributed by atoms with van der Waals surface area (Å²) < 4.78 is 48.6. The number of rotatable bonds is 3. The predicted octanol–water partition coefficient (Wildman–Crippen LogP) is 3.45. The first kappa shape index (κ1) is 13.9. The van der Waals surface area contributed by atoms with Gasteiger partial charge in [0, 0.05) is 6.07 Å². The Hall–Kier alpha value is -2.49. The lowest BCUT2D eigenvalue weighted by Gasteiger charge is -2.13. The van der Waals surface area contributed by atoms with Crippen molar-refractivity contribution >= 4 is 0 Å². The summed E-state index contributed by atoms with van der Waals surface area (Å²) in [7, 11) is 0. The highest BCUT2D eigenvalue weighted by atomic mass is 19.4. The molecule has 0 aliphatic heterocycles. The Morgan fingerprint density at radius 3 is 2.65 bits per heavy atom. The van der Waals surface area contributed by atoms with Crippen molar-refractivity contribution in [1.29, 1.82) is 5.26 Å². The molecule has 2 rings (SSSR count). The van der Waals surface area contributed by atoms with Gasteiger partial charge in [0.25, 0.3) is 0 Å². The lowest BCUT2D eigenvalue weighted by molar-refractivity contribution is -0.139. The zero-order chi connectivity index (χ0) is 14.8. The molecule has 1 aromatic heterocycles. The van der Waals surface area contributed by atoms with Crippen molar-refractivity contribution in [2.75, 3.05) is 0 Å². The number of aromatic nitrogens is 1. The molecule has 7 heteroatoms. The quantitative estimate of drug-likeness (QED) is 0.865. The molecule has 0 atom stereocenters. The number of aryl methyl sites for hydroxylation is 1. The van der Waals surface area contributed by atoms with Gasteiger partial charge in [-0.3, -0.25) is 0 Å². The number of benzene rings is 1. The third kappa shape index (κ3) is 3.09. The number of nitriles is 1. The summed E-state index contributed by atoms with van der Waals surface area (Å²) in [5.74, 6) is -0.0365. The summed E-state index contributed by atoms with van der Waals surface area (Å²) in [6.45, 7) is 1.52. The Balaban J connectivity index is 2.25. The van der Waals surface area contributed by atoms with E-state index in [4.69, 9.17) is 14.5 Å². The maximum Gasteiger partial charge on any atom is 0.420 e. The topological polar surface area (TPSA) is 59.0 Å². The summed E-state index contributed by atoms with van der Waals surface area (Å²) in [6.07, 6.45) is -4.60. The highest BCUT2D eigenvalue weighted by molar-refractivity contribution is 5.43. The van der Waals surface area contributed by atoms with Crippen LogP contribution in [0.3, 0.4) is 0 Å². The van der Waals surface area contributed by atoms with Crippen LogP contribution in [0.25, 0.3) is 0 Å². The Kier molecular flexibility index (Phi) is 3.66. The van der Waals surface area contributed by atoms with E-state index in [-0.39, 0.29) is 17.9 Å². The highest BCUT2D eigenvalue weighted by Crippen LogP contribution is 2.37. The van der Waals surface area contributed by atoms with Crippen LogP contribution in [0.15, 0.2) is 28.8 Å². The van der Waals surface area contributed by atoms with E-state index >= 15 is 0 Å². The average Bonchev–Trinajstić information content (AvgIpc) is 2.81. The molecule has 0 aliphatic carbocycles. The van der Waals surface area contributed by atoms with Crippen molar-refractivity contribution in [3.8, 4) is 11.8 Å². The van der Waals surface area contributed by atoms with E-state index in [9.17, 15) is 13.2 Å². The molecule has 0 amide bonds. The Bertz CT molecular complexity index is 656. The molecule has 104 valence electrons. The van der Waals surface area contributed by atoms with Gasteiger partial charge in [-0.05, 0) is 25.1 Å². The molecule has 0 radical (unpaired) electrons. The number of ether oxygens (including phenoxy) is 1. The smallest absolute Gasteiger partial charge is 0.420 e. The van der Waals surface area contributed by atoms with Crippen molar-refractivity contribution in [3.05, 3.63) is 46.8 Å². The van der Waals surface area contributed by atoms with Gasteiger partial charge in [0.15, 0.2) is 5.76 Å². The Labute approximate surface area is 112 Å². The number of hydrogen-bond donors (Lipinski definition) is 0. The molecule has 4 nitrogen and oxygen atoms in total. The van der Waals surface area contributed by atoms with Crippen molar-refractivity contribution in [1.82, 2.24) is 5.16 Å². The van der Waals surface area contributed by atoms with E-state index in [1.54, 1.807) is 19.1 Å². The van der Waals surface area contributed by atoms with Crippen LogP contribution in [0.1, 0.15) is 22.6 Å². The molecule has 0 saturated carbocycles. The number of alkyl halides is 3. The summed E-state index contributed by atoms with van der Waals surface area (Å²) in [4.78, 5) is 0. The standard InChI is InChI=1S/C13H9F3N2O2/c1-8-4-10(20-18-8)7-19-12-3-2-9(6-17)5-11(12)13(14,15)16/h2-5H,7H2,1H3. The van der Waals surface area contributed by atoms with Gasteiger partial charge >= 0.3 is 6.18 Å². The number of halogens is 3. The van der Waals surface area contributed by atoms with E-state index < -0.39 is 11.7 Å². The van der Waals surface area contributed by atoms with Crippen LogP contribution in [-0.4, -0.2) is 5.16 Å². The van der Waals surface area contributed by atoms with Crippen LogP contribution < -0.4 is 4.74 Å². The van der Waals surface area contributed by atoms with Gasteiger partial charge in [-0.15, -0.1) is 0 Å². The van der Waals surface area contributed by atoms with E-state index in [1.807, 2.05) is 0 Å². The molecular formula is C13H9F3N2O2. The van der Waals surface area contributed by atoms with Gasteiger partial charge < -0.3 is 9.26 Å². The SMILES string of the molecule is Cc1cc(COc2ccc(C#N)cc2C(F)(F)F)on1. The molecule has 0 bridgehead atoms. The minimum Gasteiger partial charge on any atom is -0.485 e. The monoisotopic (exact) mass is 282 g/mol. The van der Waals surface area contributed by atoms with Gasteiger partial charge in [-0.2, -0.15) is 18.4 Å². The van der Waals surface area contributed by atoms with Crippen molar-refractivity contribution in [2.24, 2.45) is 0 Å². The van der Waals surface area contributed by atoms with E-state index in [0.29, 0.717) is 11.5 Å². The van der Waals surface area contributed by atoms with Gasteiger partial charge in [0.1, 0.15) is 12.4 Å². The molecule has 0 spiro atoms. The molecule has 0 N–H and O–H groups in total. The first-order chi connectivity index (χ1) is 9.40. The van der Waals surface area contributed by atoms with Gasteiger partial charge in [-0.1, -0.05) is 5.16 Å². The Morgan fingerprint density at radius 2 is 2.10 bits per heavy atom. The van der Waals surface area contributed by atoms with Crippen LogP contribution in [0, 0.1) is 18.3 Å². The van der Waals surface area contributed by atoms with Gasteiger partial charge in [0.05, 0.1) is 22.9 Å². The molecule has 0 saturated heterocycles. The van der Waals surface area contributed by atoms with Gasteiger partial charge in [-0.25, -0.2) is 0 Å². The third-order valence-corrected chi connectivity index (χ3v) is 2.46. The number of nitrogens with zero attached hydrogens (tertiary/aromatic N) is 2. The predicted molar refractivity (Wildman–Crippen MR) is 61.7 cm³/mol. The van der Waals surface area contributed by atoms with Gasteiger partial charge in [0.2, 0.25) is 0 Å². The minimum absolute atomic E-state index is 0.0832. The van der Waals surface area contributed by atoms with Crippen LogP contribution in [0.5, 0.6) is 5.75 Å². The lowest BCUT2D eigenvalue weighted by atomic mass is 10.1. The molecule has 0 fully saturated rings. The zero-order valence-electron chi connectivity index (χ0n) is 10.4. The number of hydrogen-bond acceptors (Lipinski definition) is 4. The van der Waals surface area contributed by atoms with E-state index in [2.05, 4.69) is 5.16 Å². The van der Waals surface area contributed by atoms with Crippen molar-refractivity contribution in [3.63, 3.8) is 0 Å². The summed E-state index contributed by atoms with van der Waals surface area (Å²) >= 11 is 0. The molecule has 1 aromatic carbocycles. The Morgan fingerprint density at radius 1 is 1.35 bits per heavy atom. The summed E-state index contributed by atoms with van der Waals surface area (Å²) in [6, 6.07) is 6.35. The van der Waals surface area contributed by atoms with Crippen molar-refractivity contribution in [2.45, 2.75) is 19.7 Å². The fourth-order valence-electron chi connectivity index (χ4n) is 1.58. The van der Waals surface area contributed by atoms with Crippen LogP contribution in [0.4, 0.5) is 13.2 Å². The normalized spacial score (nSPS) is 11.2. The highest BCUT2D eigenvalue weighted by Gasteiger charge is 2.34. The molecule has 0 unspecified atom stereocenters. The first-order valence-electron chi connectivity index (χ1n) is 5.56. The second-order valence-electron chi connectivity index (χ2n) is 4.04. The molecule has 20 heavy (non-hydrogen) atoms. The van der Waals surface area contributed by atoms with E-state index in [1.165, 1.54) is 6.07 Å². The fraction of sp³-hybridized carbons (Fsp3) is 0.231. The largest absolute Gasteiger partial charge is 0.485 e. The van der Waals surface area contributed by atoms with Crippen LogP contribution in [-0.2, 0) is 12.8 Å². The lowest BCUT2D eigenvalue weighted by Crippen LogP contribution is -2.09. The summed E-state index contributed by atoms with van der Waals surface area (Å²) in [5.41, 5.74) is -0.465. The maximum atomic E-state index is 12.9. The van der Waals surface area contributed by atoms with Crippen LogP contribution in [0.2, 0.25) is 0 Å². The molecule has 1 heterocycles. The minimum atomic E-state index is -4.60. The van der Waals surface area contributed by atoms with Crippen molar-refractivity contribution < 1.29 is 22.4 Å². The second kappa shape index (κ2) is 5.25.